The topological polar surface area (TPSA) is 41.5 Å². The largest absolute Gasteiger partial charge is 0.304 e. The molecule has 1 saturated carbocycles. The lowest BCUT2D eigenvalue weighted by Crippen LogP contribution is -2.33. The van der Waals surface area contributed by atoms with E-state index in [1.54, 1.807) is 18.2 Å². The first-order chi connectivity index (χ1) is 8.70. The van der Waals surface area contributed by atoms with Crippen LogP contribution in [0.1, 0.15) is 25.7 Å². The van der Waals surface area contributed by atoms with E-state index in [1.807, 2.05) is 0 Å². The van der Waals surface area contributed by atoms with Gasteiger partial charge in [0.05, 0.1) is 0 Å². The Labute approximate surface area is 109 Å². The minimum atomic E-state index is -0.368. The zero-order valence-corrected chi connectivity index (χ0v) is 10.6. The number of aliphatic imine (C=N–C) groups is 1. The summed E-state index contributed by atoms with van der Waals surface area (Å²) in [5.74, 6) is -0.340. The van der Waals surface area contributed by atoms with Crippen molar-refractivity contribution in [3.63, 3.8) is 0 Å². The van der Waals surface area contributed by atoms with Crippen molar-refractivity contribution >= 4 is 28.5 Å². The fourth-order valence-corrected chi connectivity index (χ4v) is 3.74. The SMILES string of the molecule is O=C1NC(=Nc2ccccc2F)SC12CCCC2. The molecule has 94 valence electrons. The molecule has 2 fully saturated rings. The van der Waals surface area contributed by atoms with Crippen LogP contribution in [0.15, 0.2) is 29.3 Å². The van der Waals surface area contributed by atoms with Crippen LogP contribution in [0, 0.1) is 5.82 Å². The van der Waals surface area contributed by atoms with Crippen molar-refractivity contribution in [1.82, 2.24) is 5.32 Å². The van der Waals surface area contributed by atoms with Crippen molar-refractivity contribution in [2.45, 2.75) is 30.4 Å². The van der Waals surface area contributed by atoms with Gasteiger partial charge in [0.1, 0.15) is 16.3 Å². The van der Waals surface area contributed by atoms with Crippen molar-refractivity contribution in [3.05, 3.63) is 30.1 Å². The molecule has 1 aromatic rings. The molecule has 18 heavy (non-hydrogen) atoms. The smallest absolute Gasteiger partial charge is 0.242 e. The van der Waals surface area contributed by atoms with Crippen LogP contribution in [0.5, 0.6) is 0 Å². The van der Waals surface area contributed by atoms with Gasteiger partial charge >= 0.3 is 0 Å². The first-order valence-corrected chi connectivity index (χ1v) is 6.85. The number of nitrogens with zero attached hydrogens (tertiary/aromatic N) is 1. The zero-order valence-electron chi connectivity index (χ0n) is 9.78. The molecule has 2 aliphatic rings. The molecule has 1 N–H and O–H groups in total. The van der Waals surface area contributed by atoms with Crippen molar-refractivity contribution in [1.29, 1.82) is 0 Å². The summed E-state index contributed by atoms with van der Waals surface area (Å²) in [6, 6.07) is 6.33. The van der Waals surface area contributed by atoms with Gasteiger partial charge in [-0.2, -0.15) is 0 Å². The van der Waals surface area contributed by atoms with Crippen LogP contribution < -0.4 is 5.32 Å². The summed E-state index contributed by atoms with van der Waals surface area (Å²) < 4.78 is 13.1. The third kappa shape index (κ3) is 1.92. The summed E-state index contributed by atoms with van der Waals surface area (Å²) in [5.41, 5.74) is 0.273. The number of amidine groups is 1. The molecule has 1 spiro atoms. The molecule has 5 heteroatoms. The highest BCUT2D eigenvalue weighted by atomic mass is 32.2. The molecular weight excluding hydrogens is 251 g/mol. The number of hydrogen-bond donors (Lipinski definition) is 1. The van der Waals surface area contributed by atoms with E-state index < -0.39 is 0 Å². The van der Waals surface area contributed by atoms with Gasteiger partial charge < -0.3 is 5.32 Å². The van der Waals surface area contributed by atoms with Crippen LogP contribution in [0.2, 0.25) is 0 Å². The van der Waals surface area contributed by atoms with Crippen LogP contribution >= 0.6 is 11.8 Å². The van der Waals surface area contributed by atoms with Gasteiger partial charge in [0.2, 0.25) is 5.91 Å². The molecule has 0 bridgehead atoms. The second kappa shape index (κ2) is 4.39. The first-order valence-electron chi connectivity index (χ1n) is 6.03. The number of amides is 1. The van der Waals surface area contributed by atoms with E-state index in [4.69, 9.17) is 0 Å². The summed E-state index contributed by atoms with van der Waals surface area (Å²) in [4.78, 5) is 16.2. The summed E-state index contributed by atoms with van der Waals surface area (Å²) in [7, 11) is 0. The van der Waals surface area contributed by atoms with E-state index in [0.29, 0.717) is 5.17 Å². The molecule has 1 aliphatic carbocycles. The molecule has 1 aliphatic heterocycles. The second-order valence-electron chi connectivity index (χ2n) is 4.63. The van der Waals surface area contributed by atoms with E-state index in [9.17, 15) is 9.18 Å². The monoisotopic (exact) mass is 264 g/mol. The average molecular weight is 264 g/mol. The molecule has 0 aromatic heterocycles. The third-order valence-corrected chi connectivity index (χ3v) is 4.78. The Kier molecular flexibility index (Phi) is 2.86. The Balaban J connectivity index is 1.87. The quantitative estimate of drug-likeness (QED) is 0.847. The Hall–Kier alpha value is -1.36. The highest BCUT2D eigenvalue weighted by Crippen LogP contribution is 2.45. The normalized spacial score (nSPS) is 23.8. The predicted molar refractivity (Wildman–Crippen MR) is 70.4 cm³/mol. The highest BCUT2D eigenvalue weighted by Gasteiger charge is 2.48. The minimum absolute atomic E-state index is 0.0279. The molecule has 3 nitrogen and oxygen atoms in total. The lowest BCUT2D eigenvalue weighted by Gasteiger charge is -2.15. The van der Waals surface area contributed by atoms with Crippen LogP contribution in [-0.4, -0.2) is 15.8 Å². The molecule has 1 saturated heterocycles. The summed E-state index contributed by atoms with van der Waals surface area (Å²) >= 11 is 1.45. The number of carbonyl (C=O) groups is 1. The first kappa shape index (κ1) is 11.7. The Morgan fingerprint density at radius 1 is 1.28 bits per heavy atom. The average Bonchev–Trinajstić information content (AvgIpc) is 2.92. The maximum Gasteiger partial charge on any atom is 0.242 e. The molecule has 0 radical (unpaired) electrons. The third-order valence-electron chi connectivity index (χ3n) is 3.41. The number of hydrogen-bond acceptors (Lipinski definition) is 3. The number of rotatable bonds is 1. The Bertz CT molecular complexity index is 523. The maximum atomic E-state index is 13.5. The summed E-state index contributed by atoms with van der Waals surface area (Å²) in [5, 5.41) is 3.29. The van der Waals surface area contributed by atoms with Gasteiger partial charge in [-0.1, -0.05) is 36.7 Å². The lowest BCUT2D eigenvalue weighted by atomic mass is 10.1. The van der Waals surface area contributed by atoms with Crippen LogP contribution in [-0.2, 0) is 4.79 Å². The van der Waals surface area contributed by atoms with Gasteiger partial charge in [0, 0.05) is 0 Å². The summed E-state index contributed by atoms with van der Waals surface area (Å²) in [6.07, 6.45) is 3.93. The van der Waals surface area contributed by atoms with Gasteiger partial charge in [0.15, 0.2) is 5.17 Å². The van der Waals surface area contributed by atoms with Gasteiger partial charge in [-0.3, -0.25) is 4.79 Å². The number of carbonyl (C=O) groups excluding carboxylic acids is 1. The van der Waals surface area contributed by atoms with Gasteiger partial charge in [-0.05, 0) is 25.0 Å². The van der Waals surface area contributed by atoms with E-state index in [-0.39, 0.29) is 22.2 Å². The maximum absolute atomic E-state index is 13.5. The number of nitrogens with one attached hydrogen (secondary N) is 1. The van der Waals surface area contributed by atoms with Crippen molar-refractivity contribution in [2.75, 3.05) is 0 Å². The fourth-order valence-electron chi connectivity index (χ4n) is 2.45. The van der Waals surface area contributed by atoms with Crippen molar-refractivity contribution < 1.29 is 9.18 Å². The zero-order chi connectivity index (χ0) is 12.6. The molecule has 1 amide bonds. The van der Waals surface area contributed by atoms with E-state index >= 15 is 0 Å². The lowest BCUT2D eigenvalue weighted by molar-refractivity contribution is -0.121. The minimum Gasteiger partial charge on any atom is -0.304 e. The molecular formula is C13H13FN2OS. The number of thioether (sulfide) groups is 1. The summed E-state index contributed by atoms with van der Waals surface area (Å²) in [6.45, 7) is 0. The van der Waals surface area contributed by atoms with Gasteiger partial charge in [0.25, 0.3) is 0 Å². The van der Waals surface area contributed by atoms with Crippen LogP contribution in [0.4, 0.5) is 10.1 Å². The number of halogens is 1. The Morgan fingerprint density at radius 2 is 2.00 bits per heavy atom. The number of para-hydroxylation sites is 1. The number of benzene rings is 1. The van der Waals surface area contributed by atoms with Crippen molar-refractivity contribution in [2.24, 2.45) is 4.99 Å². The molecule has 1 aromatic carbocycles. The molecule has 0 atom stereocenters. The van der Waals surface area contributed by atoms with E-state index in [1.165, 1.54) is 17.8 Å². The predicted octanol–water partition coefficient (Wildman–Crippen LogP) is 2.99. The second-order valence-corrected chi connectivity index (χ2v) is 6.00. The Morgan fingerprint density at radius 3 is 2.72 bits per heavy atom. The fraction of sp³-hybridized carbons (Fsp3) is 0.385. The standard InChI is InChI=1S/C13H13FN2OS/c14-9-5-1-2-6-10(9)15-12-16-11(17)13(18-12)7-3-4-8-13/h1-2,5-6H,3-4,7-8H2,(H,15,16,17). The van der Waals surface area contributed by atoms with E-state index in [0.717, 1.165) is 25.7 Å². The van der Waals surface area contributed by atoms with Crippen molar-refractivity contribution in [3.8, 4) is 0 Å². The molecule has 1 heterocycles. The van der Waals surface area contributed by atoms with E-state index in [2.05, 4.69) is 10.3 Å². The molecule has 0 unspecified atom stereocenters. The molecule has 3 rings (SSSR count). The van der Waals surface area contributed by atoms with Gasteiger partial charge in [-0.15, -0.1) is 0 Å². The van der Waals surface area contributed by atoms with Crippen LogP contribution in [0.25, 0.3) is 0 Å². The van der Waals surface area contributed by atoms with Crippen LogP contribution in [0.3, 0.4) is 0 Å². The van der Waals surface area contributed by atoms with Gasteiger partial charge in [-0.25, -0.2) is 9.38 Å². The highest BCUT2D eigenvalue weighted by molar-refractivity contribution is 8.16.